The Hall–Kier alpha value is -0.760. The zero-order valence-electron chi connectivity index (χ0n) is 10.8. The highest BCUT2D eigenvalue weighted by atomic mass is 15.2. The number of hydrogen-bond acceptors (Lipinski definition) is 2. The van der Waals surface area contributed by atoms with E-state index in [4.69, 9.17) is 0 Å². The van der Waals surface area contributed by atoms with Gasteiger partial charge in [-0.25, -0.2) is 0 Å². The van der Waals surface area contributed by atoms with E-state index < -0.39 is 0 Å². The monoisotopic (exact) mass is 208 g/mol. The highest BCUT2D eigenvalue weighted by Crippen LogP contribution is 2.26. The van der Waals surface area contributed by atoms with Gasteiger partial charge in [-0.15, -0.1) is 0 Å². The summed E-state index contributed by atoms with van der Waals surface area (Å²) in [6.45, 7) is 15.1. The molecule has 0 aromatic carbocycles. The first-order valence-electron chi connectivity index (χ1n) is 5.67. The van der Waals surface area contributed by atoms with E-state index in [0.717, 1.165) is 19.5 Å². The van der Waals surface area contributed by atoms with Gasteiger partial charge in [0, 0.05) is 31.4 Å². The predicted octanol–water partition coefficient (Wildman–Crippen LogP) is 2.54. The first-order valence-corrected chi connectivity index (χ1v) is 5.67. The molecule has 1 rings (SSSR count). The molecule has 0 saturated heterocycles. The molecule has 0 amide bonds. The van der Waals surface area contributed by atoms with E-state index in [2.05, 4.69) is 44.5 Å². The van der Waals surface area contributed by atoms with Gasteiger partial charge in [-0.1, -0.05) is 12.2 Å². The summed E-state index contributed by atoms with van der Waals surface area (Å²) >= 11 is 0. The van der Waals surface area contributed by atoms with E-state index >= 15 is 0 Å². The van der Waals surface area contributed by atoms with Crippen LogP contribution in [-0.4, -0.2) is 30.6 Å². The van der Waals surface area contributed by atoms with Crippen molar-refractivity contribution in [2.45, 2.75) is 39.7 Å². The summed E-state index contributed by atoms with van der Waals surface area (Å²) in [6.07, 6.45) is 1.11. The Balaban J connectivity index is 2.87. The van der Waals surface area contributed by atoms with E-state index in [1.165, 1.54) is 16.8 Å². The zero-order valence-corrected chi connectivity index (χ0v) is 10.8. The normalized spacial score (nSPS) is 19.3. The van der Waals surface area contributed by atoms with Gasteiger partial charge >= 0.3 is 0 Å². The van der Waals surface area contributed by atoms with Crippen molar-refractivity contribution in [3.63, 3.8) is 0 Å². The lowest BCUT2D eigenvalue weighted by atomic mass is 9.95. The number of rotatable bonds is 2. The first kappa shape index (κ1) is 12.3. The lowest BCUT2D eigenvalue weighted by Crippen LogP contribution is -2.46. The standard InChI is InChI=1S/C13H24N2/c1-10(2)11-7-8-15(13(3,4)5)9-12(11)14-6/h14H,1,7-9H2,2-6H3. The highest BCUT2D eigenvalue weighted by molar-refractivity contribution is 5.33. The number of allylic oxidation sites excluding steroid dienone is 1. The Kier molecular flexibility index (Phi) is 3.61. The molecule has 0 spiro atoms. The van der Waals surface area contributed by atoms with Crippen LogP contribution in [0.3, 0.4) is 0 Å². The topological polar surface area (TPSA) is 15.3 Å². The van der Waals surface area contributed by atoms with E-state index in [-0.39, 0.29) is 5.54 Å². The van der Waals surface area contributed by atoms with Crippen molar-refractivity contribution in [3.8, 4) is 0 Å². The molecule has 2 nitrogen and oxygen atoms in total. The largest absolute Gasteiger partial charge is 0.390 e. The molecule has 0 atom stereocenters. The van der Waals surface area contributed by atoms with Crippen molar-refractivity contribution in [2.24, 2.45) is 0 Å². The molecule has 0 fully saturated rings. The molecule has 0 unspecified atom stereocenters. The van der Waals surface area contributed by atoms with Gasteiger partial charge in [0.05, 0.1) is 0 Å². The summed E-state index contributed by atoms with van der Waals surface area (Å²) in [7, 11) is 2.00. The average Bonchev–Trinajstić information content (AvgIpc) is 2.15. The summed E-state index contributed by atoms with van der Waals surface area (Å²) < 4.78 is 0. The third kappa shape index (κ3) is 2.85. The number of hydrogen-bond donors (Lipinski definition) is 1. The summed E-state index contributed by atoms with van der Waals surface area (Å²) in [5.41, 5.74) is 4.21. The second-order valence-electron chi connectivity index (χ2n) is 5.33. The third-order valence-corrected chi connectivity index (χ3v) is 3.11. The molecule has 1 aliphatic rings. The Bertz CT molecular complexity index is 281. The Labute approximate surface area is 94.0 Å². The second-order valence-corrected chi connectivity index (χ2v) is 5.33. The smallest absolute Gasteiger partial charge is 0.0389 e. The second kappa shape index (κ2) is 4.40. The predicted molar refractivity (Wildman–Crippen MR) is 66.8 cm³/mol. The van der Waals surface area contributed by atoms with E-state index in [1.54, 1.807) is 0 Å². The van der Waals surface area contributed by atoms with Crippen LogP contribution >= 0.6 is 0 Å². The maximum Gasteiger partial charge on any atom is 0.0389 e. The lowest BCUT2D eigenvalue weighted by molar-refractivity contribution is 0.142. The van der Waals surface area contributed by atoms with Crippen LogP contribution in [0.2, 0.25) is 0 Å². The molecule has 86 valence electrons. The van der Waals surface area contributed by atoms with Crippen molar-refractivity contribution in [1.82, 2.24) is 10.2 Å². The molecule has 0 saturated carbocycles. The van der Waals surface area contributed by atoms with Crippen LogP contribution in [0.5, 0.6) is 0 Å². The van der Waals surface area contributed by atoms with E-state index in [1.807, 2.05) is 7.05 Å². The van der Waals surface area contributed by atoms with Gasteiger partial charge in [-0.2, -0.15) is 0 Å². The maximum atomic E-state index is 4.05. The fraction of sp³-hybridized carbons (Fsp3) is 0.692. The Morgan fingerprint density at radius 2 is 2.00 bits per heavy atom. The van der Waals surface area contributed by atoms with Crippen LogP contribution in [0.4, 0.5) is 0 Å². The first-order chi connectivity index (χ1) is 6.86. The van der Waals surface area contributed by atoms with E-state index in [9.17, 15) is 0 Å². The van der Waals surface area contributed by atoms with Gasteiger partial charge in [0.15, 0.2) is 0 Å². The van der Waals surface area contributed by atoms with Crippen molar-refractivity contribution in [2.75, 3.05) is 20.1 Å². The highest BCUT2D eigenvalue weighted by Gasteiger charge is 2.26. The Morgan fingerprint density at radius 1 is 1.40 bits per heavy atom. The maximum absolute atomic E-state index is 4.05. The molecule has 15 heavy (non-hydrogen) atoms. The van der Waals surface area contributed by atoms with Crippen molar-refractivity contribution < 1.29 is 0 Å². The van der Waals surface area contributed by atoms with Crippen LogP contribution in [0, 0.1) is 0 Å². The van der Waals surface area contributed by atoms with Gasteiger partial charge in [-0.05, 0) is 39.7 Å². The summed E-state index contributed by atoms with van der Waals surface area (Å²) in [6, 6.07) is 0. The third-order valence-electron chi connectivity index (χ3n) is 3.11. The molecule has 0 aromatic heterocycles. The summed E-state index contributed by atoms with van der Waals surface area (Å²) in [4.78, 5) is 2.51. The van der Waals surface area contributed by atoms with Crippen LogP contribution in [0.15, 0.2) is 23.4 Å². The van der Waals surface area contributed by atoms with Crippen molar-refractivity contribution in [3.05, 3.63) is 23.4 Å². The molecule has 0 aliphatic carbocycles. The quantitative estimate of drug-likeness (QED) is 0.750. The van der Waals surface area contributed by atoms with Crippen LogP contribution in [0.1, 0.15) is 34.1 Å². The van der Waals surface area contributed by atoms with Crippen LogP contribution in [-0.2, 0) is 0 Å². The molecule has 0 radical (unpaired) electrons. The molecule has 1 N–H and O–H groups in total. The molecular formula is C13H24N2. The number of likely N-dealkylation sites (N-methyl/N-ethyl adjacent to an activating group) is 1. The average molecular weight is 208 g/mol. The van der Waals surface area contributed by atoms with Gasteiger partial charge in [0.2, 0.25) is 0 Å². The lowest BCUT2D eigenvalue weighted by Gasteiger charge is -2.40. The van der Waals surface area contributed by atoms with E-state index in [0.29, 0.717) is 0 Å². The fourth-order valence-corrected chi connectivity index (χ4v) is 2.04. The minimum Gasteiger partial charge on any atom is -0.390 e. The van der Waals surface area contributed by atoms with Crippen molar-refractivity contribution >= 4 is 0 Å². The molecular weight excluding hydrogens is 184 g/mol. The molecule has 0 aromatic rings. The Morgan fingerprint density at radius 3 is 2.40 bits per heavy atom. The van der Waals surface area contributed by atoms with Crippen LogP contribution in [0.25, 0.3) is 0 Å². The molecule has 1 heterocycles. The minimum absolute atomic E-state index is 0.253. The molecule has 0 bridgehead atoms. The summed E-state index contributed by atoms with van der Waals surface area (Å²) in [5, 5.41) is 3.31. The van der Waals surface area contributed by atoms with Gasteiger partial charge in [0.25, 0.3) is 0 Å². The number of nitrogens with zero attached hydrogens (tertiary/aromatic N) is 1. The molecule has 2 heteroatoms. The van der Waals surface area contributed by atoms with Crippen LogP contribution < -0.4 is 5.32 Å². The van der Waals surface area contributed by atoms with Gasteiger partial charge in [-0.3, -0.25) is 4.90 Å². The van der Waals surface area contributed by atoms with Crippen molar-refractivity contribution in [1.29, 1.82) is 0 Å². The van der Waals surface area contributed by atoms with Gasteiger partial charge < -0.3 is 5.32 Å². The van der Waals surface area contributed by atoms with Gasteiger partial charge in [0.1, 0.15) is 0 Å². The number of nitrogens with one attached hydrogen (secondary N) is 1. The zero-order chi connectivity index (χ0) is 11.6. The summed E-state index contributed by atoms with van der Waals surface area (Å²) in [5.74, 6) is 0. The SMILES string of the molecule is C=C(C)C1=C(NC)CN(C(C)(C)C)CC1. The fourth-order valence-electron chi connectivity index (χ4n) is 2.04. The minimum atomic E-state index is 0.253. The molecule has 1 aliphatic heterocycles.